The van der Waals surface area contributed by atoms with E-state index < -0.39 is 0 Å². The molecular formula is C17H33N3. The van der Waals surface area contributed by atoms with Crippen LogP contribution in [0.5, 0.6) is 0 Å². The lowest BCUT2D eigenvalue weighted by atomic mass is 9.82. The number of hydrogen-bond acceptors (Lipinski definition) is 3. The van der Waals surface area contributed by atoms with Crippen molar-refractivity contribution < 1.29 is 0 Å². The predicted octanol–water partition coefficient (Wildman–Crippen LogP) is 2.45. The molecule has 2 saturated carbocycles. The summed E-state index contributed by atoms with van der Waals surface area (Å²) >= 11 is 0. The van der Waals surface area contributed by atoms with Crippen LogP contribution in [0, 0.1) is 5.92 Å². The van der Waals surface area contributed by atoms with Crippen molar-refractivity contribution in [1.82, 2.24) is 9.80 Å². The van der Waals surface area contributed by atoms with Gasteiger partial charge in [-0.3, -0.25) is 9.80 Å². The predicted molar refractivity (Wildman–Crippen MR) is 84.8 cm³/mol. The lowest BCUT2D eigenvalue weighted by Gasteiger charge is -2.45. The topological polar surface area (TPSA) is 32.5 Å². The largest absolute Gasteiger partial charge is 0.329 e. The minimum Gasteiger partial charge on any atom is -0.329 e. The normalized spacial score (nSPS) is 39.6. The lowest BCUT2D eigenvalue weighted by Crippen LogP contribution is -2.58. The zero-order chi connectivity index (χ0) is 14.2. The van der Waals surface area contributed by atoms with E-state index in [0.29, 0.717) is 0 Å². The number of hydrogen-bond donors (Lipinski definition) is 1. The molecule has 0 bridgehead atoms. The van der Waals surface area contributed by atoms with Crippen LogP contribution in [-0.4, -0.2) is 54.1 Å². The first-order valence-corrected chi connectivity index (χ1v) is 8.85. The molecule has 1 atom stereocenters. The Morgan fingerprint density at radius 2 is 1.85 bits per heavy atom. The molecule has 2 aliphatic carbocycles. The van der Waals surface area contributed by atoms with Gasteiger partial charge in [0.15, 0.2) is 0 Å². The van der Waals surface area contributed by atoms with Gasteiger partial charge in [-0.25, -0.2) is 0 Å². The number of nitrogens with zero attached hydrogens (tertiary/aromatic N) is 2. The maximum absolute atomic E-state index is 6.24. The van der Waals surface area contributed by atoms with Gasteiger partial charge in [0.2, 0.25) is 0 Å². The van der Waals surface area contributed by atoms with E-state index in [1.807, 2.05) is 0 Å². The molecule has 0 aromatic carbocycles. The van der Waals surface area contributed by atoms with Crippen molar-refractivity contribution in [2.75, 3.05) is 26.7 Å². The monoisotopic (exact) mass is 279 g/mol. The van der Waals surface area contributed by atoms with E-state index in [1.54, 1.807) is 0 Å². The highest BCUT2D eigenvalue weighted by molar-refractivity contribution is 5.04. The van der Waals surface area contributed by atoms with E-state index in [9.17, 15) is 0 Å². The van der Waals surface area contributed by atoms with Crippen LogP contribution < -0.4 is 5.73 Å². The molecule has 2 N–H and O–H groups in total. The Morgan fingerprint density at radius 3 is 2.40 bits per heavy atom. The molecule has 1 heterocycles. The van der Waals surface area contributed by atoms with Crippen LogP contribution in [0.1, 0.15) is 58.3 Å². The standard InChI is InChI=1S/C17H33N3/c1-3-14-4-6-15(7-5-14)19(2)17(12-18)10-11-20(13-17)16-8-9-16/h14-16H,3-13,18H2,1-2H3. The van der Waals surface area contributed by atoms with Crippen molar-refractivity contribution in [2.24, 2.45) is 11.7 Å². The molecule has 3 rings (SSSR count). The van der Waals surface area contributed by atoms with E-state index in [1.165, 1.54) is 64.5 Å². The van der Waals surface area contributed by atoms with Crippen LogP contribution in [0.4, 0.5) is 0 Å². The maximum Gasteiger partial charge on any atom is 0.0470 e. The van der Waals surface area contributed by atoms with Gasteiger partial charge < -0.3 is 5.73 Å². The fourth-order valence-corrected chi connectivity index (χ4v) is 4.57. The molecule has 0 amide bonds. The molecule has 0 aromatic heterocycles. The number of nitrogens with two attached hydrogens (primary N) is 1. The summed E-state index contributed by atoms with van der Waals surface area (Å²) in [5.74, 6) is 0.986. The summed E-state index contributed by atoms with van der Waals surface area (Å²) in [5.41, 5.74) is 6.51. The Labute approximate surface area is 124 Å². The molecule has 0 aromatic rings. The van der Waals surface area contributed by atoms with Gasteiger partial charge in [-0.1, -0.05) is 13.3 Å². The fourth-order valence-electron chi connectivity index (χ4n) is 4.57. The minimum atomic E-state index is 0.270. The lowest BCUT2D eigenvalue weighted by molar-refractivity contribution is 0.0527. The van der Waals surface area contributed by atoms with Crippen molar-refractivity contribution in [3.8, 4) is 0 Å². The zero-order valence-corrected chi connectivity index (χ0v) is 13.5. The third-order valence-electron chi connectivity index (χ3n) is 6.49. The second-order valence-electron chi connectivity index (χ2n) is 7.57. The summed E-state index contributed by atoms with van der Waals surface area (Å²) in [5, 5.41) is 0. The summed E-state index contributed by atoms with van der Waals surface area (Å²) < 4.78 is 0. The van der Waals surface area contributed by atoms with Gasteiger partial charge in [-0.2, -0.15) is 0 Å². The smallest absolute Gasteiger partial charge is 0.0470 e. The van der Waals surface area contributed by atoms with Gasteiger partial charge in [0.05, 0.1) is 0 Å². The Hall–Kier alpha value is -0.120. The van der Waals surface area contributed by atoms with Crippen molar-refractivity contribution in [1.29, 1.82) is 0 Å². The van der Waals surface area contributed by atoms with Crippen molar-refractivity contribution in [3.63, 3.8) is 0 Å². The van der Waals surface area contributed by atoms with Crippen LogP contribution in [0.15, 0.2) is 0 Å². The first-order valence-electron chi connectivity index (χ1n) is 8.85. The van der Waals surface area contributed by atoms with E-state index in [-0.39, 0.29) is 5.54 Å². The molecule has 3 heteroatoms. The van der Waals surface area contributed by atoms with Gasteiger partial charge in [-0.15, -0.1) is 0 Å². The third kappa shape index (κ3) is 2.77. The molecule has 0 spiro atoms. The molecule has 0 radical (unpaired) electrons. The van der Waals surface area contributed by atoms with Gasteiger partial charge in [0.1, 0.15) is 0 Å². The quantitative estimate of drug-likeness (QED) is 0.839. The molecule has 116 valence electrons. The highest BCUT2D eigenvalue weighted by atomic mass is 15.3. The van der Waals surface area contributed by atoms with Gasteiger partial charge in [-0.05, 0) is 57.9 Å². The third-order valence-corrected chi connectivity index (χ3v) is 6.49. The van der Waals surface area contributed by atoms with Crippen LogP contribution >= 0.6 is 0 Å². The Balaban J connectivity index is 1.61. The molecule has 3 aliphatic rings. The molecule has 1 aliphatic heterocycles. The van der Waals surface area contributed by atoms with E-state index in [0.717, 1.165) is 24.5 Å². The van der Waals surface area contributed by atoms with Crippen LogP contribution in [0.2, 0.25) is 0 Å². The molecule has 1 saturated heterocycles. The van der Waals surface area contributed by atoms with E-state index in [2.05, 4.69) is 23.8 Å². The van der Waals surface area contributed by atoms with Crippen LogP contribution in [0.3, 0.4) is 0 Å². The SMILES string of the molecule is CCC1CCC(N(C)C2(CN)CCN(C3CC3)C2)CC1. The molecular weight excluding hydrogens is 246 g/mol. The Morgan fingerprint density at radius 1 is 1.15 bits per heavy atom. The first-order chi connectivity index (χ1) is 9.68. The van der Waals surface area contributed by atoms with Crippen LogP contribution in [-0.2, 0) is 0 Å². The second kappa shape index (κ2) is 5.94. The summed E-state index contributed by atoms with van der Waals surface area (Å²) in [6, 6.07) is 1.67. The summed E-state index contributed by atoms with van der Waals surface area (Å²) in [4.78, 5) is 5.41. The fraction of sp³-hybridized carbons (Fsp3) is 1.00. The van der Waals surface area contributed by atoms with Crippen molar-refractivity contribution in [3.05, 3.63) is 0 Å². The van der Waals surface area contributed by atoms with Crippen molar-refractivity contribution in [2.45, 2.75) is 75.9 Å². The maximum atomic E-state index is 6.24. The minimum absolute atomic E-state index is 0.270. The zero-order valence-electron chi connectivity index (χ0n) is 13.5. The molecule has 3 fully saturated rings. The second-order valence-corrected chi connectivity index (χ2v) is 7.57. The highest BCUT2D eigenvalue weighted by Crippen LogP contribution is 2.38. The molecule has 1 unspecified atom stereocenters. The van der Waals surface area contributed by atoms with Crippen LogP contribution in [0.25, 0.3) is 0 Å². The Kier molecular flexibility index (Phi) is 4.40. The summed E-state index contributed by atoms with van der Waals surface area (Å²) in [7, 11) is 2.36. The van der Waals surface area contributed by atoms with E-state index >= 15 is 0 Å². The number of rotatable bonds is 5. The molecule has 20 heavy (non-hydrogen) atoms. The summed E-state index contributed by atoms with van der Waals surface area (Å²) in [6.45, 7) is 5.68. The average molecular weight is 279 g/mol. The number of likely N-dealkylation sites (N-methyl/N-ethyl adjacent to an activating group) is 1. The van der Waals surface area contributed by atoms with E-state index in [4.69, 9.17) is 5.73 Å². The molecule has 3 nitrogen and oxygen atoms in total. The van der Waals surface area contributed by atoms with Gasteiger partial charge >= 0.3 is 0 Å². The first kappa shape index (κ1) is 14.8. The number of likely N-dealkylation sites (tertiary alicyclic amines) is 1. The average Bonchev–Trinajstić information content (AvgIpc) is 3.26. The summed E-state index contributed by atoms with van der Waals surface area (Å²) in [6.07, 6.45) is 11.1. The van der Waals surface area contributed by atoms with Gasteiger partial charge in [0, 0.05) is 37.3 Å². The van der Waals surface area contributed by atoms with Gasteiger partial charge in [0.25, 0.3) is 0 Å². The van der Waals surface area contributed by atoms with Crippen molar-refractivity contribution >= 4 is 0 Å². The highest BCUT2D eigenvalue weighted by Gasteiger charge is 2.46. The Bertz CT molecular complexity index is 320.